The van der Waals surface area contributed by atoms with E-state index >= 15 is 0 Å². The lowest BCUT2D eigenvalue weighted by Crippen LogP contribution is -2.26. The minimum Gasteiger partial charge on any atom is -0.312 e. The molecular formula is C17H29N3. The molecule has 1 heterocycles. The molecule has 0 spiro atoms. The van der Waals surface area contributed by atoms with Gasteiger partial charge in [-0.25, -0.2) is 0 Å². The maximum atomic E-state index is 4.65. The summed E-state index contributed by atoms with van der Waals surface area (Å²) in [6.45, 7) is 8.91. The monoisotopic (exact) mass is 275 g/mol. The van der Waals surface area contributed by atoms with Gasteiger partial charge in [-0.2, -0.15) is 5.10 Å². The van der Waals surface area contributed by atoms with Crippen molar-refractivity contribution in [3.8, 4) is 0 Å². The Kier molecular flexibility index (Phi) is 3.65. The Balaban J connectivity index is 1.57. The summed E-state index contributed by atoms with van der Waals surface area (Å²) in [5.74, 6) is 3.02. The first kappa shape index (κ1) is 14.1. The molecule has 0 aliphatic heterocycles. The second-order valence-electron chi connectivity index (χ2n) is 7.90. The Morgan fingerprint density at radius 3 is 2.35 bits per heavy atom. The molecule has 1 N–H and O–H groups in total. The van der Waals surface area contributed by atoms with Crippen LogP contribution in [-0.2, 0) is 19.0 Å². The van der Waals surface area contributed by atoms with Crippen molar-refractivity contribution in [3.05, 3.63) is 17.5 Å². The Bertz CT molecular complexity index is 449. The van der Waals surface area contributed by atoms with Gasteiger partial charge in [-0.1, -0.05) is 20.8 Å². The molecule has 1 aromatic rings. The second-order valence-corrected chi connectivity index (χ2v) is 7.90. The normalized spacial score (nSPS) is 19.9. The highest BCUT2D eigenvalue weighted by atomic mass is 15.3. The topological polar surface area (TPSA) is 29.9 Å². The van der Waals surface area contributed by atoms with Crippen LogP contribution >= 0.6 is 0 Å². The van der Waals surface area contributed by atoms with Gasteiger partial charge < -0.3 is 5.32 Å². The number of hydrogen-bond donors (Lipinski definition) is 1. The van der Waals surface area contributed by atoms with Gasteiger partial charge in [-0.05, 0) is 50.0 Å². The summed E-state index contributed by atoms with van der Waals surface area (Å²) in [6.07, 6.45) is 8.08. The van der Waals surface area contributed by atoms with Gasteiger partial charge in [0, 0.05) is 30.8 Å². The first-order valence-electron chi connectivity index (χ1n) is 8.19. The van der Waals surface area contributed by atoms with Crippen LogP contribution in [-0.4, -0.2) is 16.3 Å². The predicted octanol–water partition coefficient (Wildman–Crippen LogP) is 3.24. The average Bonchev–Trinajstić information content (AvgIpc) is 3.23. The predicted molar refractivity (Wildman–Crippen MR) is 82.6 cm³/mol. The first-order valence-corrected chi connectivity index (χ1v) is 8.19. The number of rotatable bonds is 6. The molecule has 0 unspecified atom stereocenters. The fourth-order valence-electron chi connectivity index (χ4n) is 3.44. The van der Waals surface area contributed by atoms with Gasteiger partial charge in [0.15, 0.2) is 0 Å². The molecule has 2 aliphatic rings. The van der Waals surface area contributed by atoms with Gasteiger partial charge in [-0.15, -0.1) is 0 Å². The Labute approximate surface area is 123 Å². The third-order valence-corrected chi connectivity index (χ3v) is 4.77. The summed E-state index contributed by atoms with van der Waals surface area (Å²) in [4.78, 5) is 0. The van der Waals surface area contributed by atoms with Crippen molar-refractivity contribution in [1.29, 1.82) is 0 Å². The van der Waals surface area contributed by atoms with Crippen LogP contribution in [0.25, 0.3) is 0 Å². The van der Waals surface area contributed by atoms with Crippen molar-refractivity contribution in [2.24, 2.45) is 24.8 Å². The minimum atomic E-state index is 0.130. The van der Waals surface area contributed by atoms with Crippen LogP contribution in [0.3, 0.4) is 0 Å². The summed E-state index contributed by atoms with van der Waals surface area (Å²) in [5, 5.41) is 8.37. The fraction of sp³-hybridized carbons (Fsp3) is 0.824. The molecule has 0 amide bonds. The van der Waals surface area contributed by atoms with Crippen LogP contribution in [0.1, 0.15) is 57.7 Å². The second kappa shape index (κ2) is 5.18. The van der Waals surface area contributed by atoms with Crippen molar-refractivity contribution in [2.75, 3.05) is 6.54 Å². The quantitative estimate of drug-likeness (QED) is 0.863. The molecule has 0 saturated heterocycles. The highest BCUT2D eigenvalue weighted by molar-refractivity contribution is 5.23. The molecule has 2 saturated carbocycles. The maximum absolute atomic E-state index is 4.65. The van der Waals surface area contributed by atoms with Gasteiger partial charge in [-0.3, -0.25) is 4.68 Å². The van der Waals surface area contributed by atoms with Crippen molar-refractivity contribution in [2.45, 2.75) is 58.4 Å². The highest BCUT2D eigenvalue weighted by Crippen LogP contribution is 2.48. The Morgan fingerprint density at radius 1 is 1.25 bits per heavy atom. The largest absolute Gasteiger partial charge is 0.312 e. The lowest BCUT2D eigenvalue weighted by molar-refractivity contribution is 0.378. The minimum absolute atomic E-state index is 0.130. The smallest absolute Gasteiger partial charge is 0.0722 e. The Morgan fingerprint density at radius 2 is 1.85 bits per heavy atom. The Hall–Kier alpha value is -0.830. The van der Waals surface area contributed by atoms with Crippen LogP contribution in [0, 0.1) is 17.8 Å². The third kappa shape index (κ3) is 3.25. The van der Waals surface area contributed by atoms with E-state index in [-0.39, 0.29) is 5.41 Å². The van der Waals surface area contributed by atoms with Crippen LogP contribution < -0.4 is 5.32 Å². The van der Waals surface area contributed by atoms with Gasteiger partial charge in [0.1, 0.15) is 0 Å². The molecule has 2 fully saturated rings. The number of hydrogen-bond acceptors (Lipinski definition) is 2. The van der Waals surface area contributed by atoms with Gasteiger partial charge >= 0.3 is 0 Å². The molecule has 1 aromatic heterocycles. The zero-order valence-electron chi connectivity index (χ0n) is 13.4. The van der Waals surface area contributed by atoms with E-state index in [0.717, 1.165) is 24.3 Å². The number of aromatic nitrogens is 2. The average molecular weight is 275 g/mol. The molecule has 3 rings (SSSR count). The lowest BCUT2D eigenvalue weighted by Gasteiger charge is -2.19. The lowest BCUT2D eigenvalue weighted by atomic mass is 9.89. The molecule has 112 valence electrons. The van der Waals surface area contributed by atoms with E-state index in [1.807, 2.05) is 11.7 Å². The summed E-state index contributed by atoms with van der Waals surface area (Å²) < 4.78 is 1.96. The fourth-order valence-corrected chi connectivity index (χ4v) is 3.44. The molecule has 0 bridgehead atoms. The number of nitrogens with one attached hydrogen (secondary N) is 1. The standard InChI is InChI=1S/C17H29N3/c1-17(2,3)16-14(11-20(4)19-16)9-18-10-15(12-5-6-12)13-7-8-13/h11-13,15,18H,5-10H2,1-4H3. The van der Waals surface area contributed by atoms with Gasteiger partial charge in [0.25, 0.3) is 0 Å². The van der Waals surface area contributed by atoms with Crippen molar-refractivity contribution in [1.82, 2.24) is 15.1 Å². The highest BCUT2D eigenvalue weighted by Gasteiger charge is 2.40. The van der Waals surface area contributed by atoms with Crippen molar-refractivity contribution in [3.63, 3.8) is 0 Å². The molecule has 0 radical (unpaired) electrons. The molecule has 3 heteroatoms. The van der Waals surface area contributed by atoms with E-state index in [9.17, 15) is 0 Å². The molecule has 20 heavy (non-hydrogen) atoms. The third-order valence-electron chi connectivity index (χ3n) is 4.77. The van der Waals surface area contributed by atoms with E-state index in [4.69, 9.17) is 0 Å². The first-order chi connectivity index (χ1) is 9.45. The van der Waals surface area contributed by atoms with E-state index in [0.29, 0.717) is 0 Å². The molecule has 0 aromatic carbocycles. The van der Waals surface area contributed by atoms with Crippen molar-refractivity contribution < 1.29 is 0 Å². The van der Waals surface area contributed by atoms with Crippen LogP contribution in [0.15, 0.2) is 6.20 Å². The molecule has 0 atom stereocenters. The summed E-state index contributed by atoms with van der Waals surface area (Å²) in [7, 11) is 2.02. The summed E-state index contributed by atoms with van der Waals surface area (Å²) in [5.41, 5.74) is 2.73. The van der Waals surface area contributed by atoms with Gasteiger partial charge in [0.05, 0.1) is 5.69 Å². The number of aryl methyl sites for hydroxylation is 1. The van der Waals surface area contributed by atoms with Crippen molar-refractivity contribution >= 4 is 0 Å². The molecular weight excluding hydrogens is 246 g/mol. The zero-order chi connectivity index (χ0) is 14.3. The van der Waals surface area contributed by atoms with Gasteiger partial charge in [0.2, 0.25) is 0 Å². The SMILES string of the molecule is Cn1cc(CNCC(C2CC2)C2CC2)c(C(C)(C)C)n1. The van der Waals surface area contributed by atoms with E-state index < -0.39 is 0 Å². The molecule has 3 nitrogen and oxygen atoms in total. The number of nitrogens with zero attached hydrogens (tertiary/aromatic N) is 2. The molecule has 2 aliphatic carbocycles. The maximum Gasteiger partial charge on any atom is 0.0722 e. The summed E-state index contributed by atoms with van der Waals surface area (Å²) >= 11 is 0. The van der Waals surface area contributed by atoms with E-state index in [1.165, 1.54) is 43.5 Å². The van der Waals surface area contributed by atoms with E-state index in [1.54, 1.807) is 0 Å². The van der Waals surface area contributed by atoms with Crippen LogP contribution in [0.2, 0.25) is 0 Å². The van der Waals surface area contributed by atoms with Crippen LogP contribution in [0.5, 0.6) is 0 Å². The van der Waals surface area contributed by atoms with Crippen LogP contribution in [0.4, 0.5) is 0 Å². The zero-order valence-corrected chi connectivity index (χ0v) is 13.4. The summed E-state index contributed by atoms with van der Waals surface area (Å²) in [6, 6.07) is 0. The van der Waals surface area contributed by atoms with E-state index in [2.05, 4.69) is 37.4 Å².